The Hall–Kier alpha value is -1.65. The largest absolute Gasteiger partial charge is 0.484 e. The Morgan fingerprint density at radius 3 is 2.86 bits per heavy atom. The van der Waals surface area contributed by atoms with E-state index >= 15 is 0 Å². The molecule has 0 aromatic carbocycles. The average molecular weight is 322 g/mol. The number of hydrogen-bond donors (Lipinski definition) is 1. The summed E-state index contributed by atoms with van der Waals surface area (Å²) in [6.45, 7) is 3.97. The lowest BCUT2D eigenvalue weighted by molar-refractivity contribution is -0.147. The highest BCUT2D eigenvalue weighted by molar-refractivity contribution is 7.93. The van der Waals surface area contributed by atoms with Crippen LogP contribution in [0.15, 0.2) is 21.6 Å². The predicted octanol–water partition coefficient (Wildman–Crippen LogP) is 0.919. The topological polar surface area (TPSA) is 90.6 Å². The minimum atomic E-state index is -1.68. The van der Waals surface area contributed by atoms with Crippen molar-refractivity contribution in [3.8, 4) is 6.07 Å². The lowest BCUT2D eigenvalue weighted by Crippen LogP contribution is -2.59. The third-order valence-corrected chi connectivity index (χ3v) is 5.81. The second-order valence-electron chi connectivity index (χ2n) is 6.26. The summed E-state index contributed by atoms with van der Waals surface area (Å²) in [5.41, 5.74) is -0.924. The molecule has 0 bridgehead atoms. The number of hydrogen-bond acceptors (Lipinski definition) is 5. The number of ether oxygens (including phenoxy) is 1. The van der Waals surface area contributed by atoms with Crippen LogP contribution in [0, 0.1) is 11.3 Å². The molecule has 118 valence electrons. The number of amides is 1. The summed E-state index contributed by atoms with van der Waals surface area (Å²) < 4.78 is 18.3. The smallest absolute Gasteiger partial charge is 0.223 e. The van der Waals surface area contributed by atoms with Crippen molar-refractivity contribution in [2.24, 2.45) is 0 Å². The van der Waals surface area contributed by atoms with E-state index in [2.05, 4.69) is 0 Å². The van der Waals surface area contributed by atoms with Crippen LogP contribution in [0.4, 0.5) is 0 Å². The molecule has 0 spiro atoms. The van der Waals surface area contributed by atoms with Gasteiger partial charge in [0.2, 0.25) is 5.91 Å². The molecular formula is C15H18N2O4S. The number of piperidine rings is 1. The second kappa shape index (κ2) is 5.21. The maximum absolute atomic E-state index is 12.5. The average Bonchev–Trinajstić information content (AvgIpc) is 2.77. The summed E-state index contributed by atoms with van der Waals surface area (Å²) in [6.07, 6.45) is 2.57. The molecule has 3 aliphatic rings. The predicted molar refractivity (Wildman–Crippen MR) is 79.4 cm³/mol. The fourth-order valence-electron chi connectivity index (χ4n) is 3.16. The van der Waals surface area contributed by atoms with Crippen LogP contribution in [0.3, 0.4) is 0 Å². The van der Waals surface area contributed by atoms with Crippen LogP contribution < -0.4 is 0 Å². The quantitative estimate of drug-likeness (QED) is 0.775. The molecule has 0 radical (unpaired) electrons. The summed E-state index contributed by atoms with van der Waals surface area (Å²) in [5, 5.41) is 19.8. The molecule has 0 saturated carbocycles. The molecule has 0 aromatic rings. The van der Waals surface area contributed by atoms with Gasteiger partial charge < -0.3 is 14.7 Å². The number of nitriles is 1. The number of carbonyl (C=O) groups excluding carboxylic acids is 1. The third-order valence-electron chi connectivity index (χ3n) is 4.36. The van der Waals surface area contributed by atoms with E-state index < -0.39 is 28.5 Å². The summed E-state index contributed by atoms with van der Waals surface area (Å²) in [6, 6.07) is 1.20. The SMILES string of the molecule is CC1(C)OC2=C([C@@H](N3CCCCC3=O)[C@@H]1O)S(=O)C(C#N)=C2. The van der Waals surface area contributed by atoms with Crippen molar-refractivity contribution < 1.29 is 18.8 Å². The molecule has 1 fully saturated rings. The van der Waals surface area contributed by atoms with Crippen LogP contribution in [-0.2, 0) is 20.3 Å². The highest BCUT2D eigenvalue weighted by Crippen LogP contribution is 2.42. The van der Waals surface area contributed by atoms with Crippen LogP contribution in [0.2, 0.25) is 0 Å². The molecule has 1 N–H and O–H groups in total. The monoisotopic (exact) mass is 322 g/mol. The van der Waals surface area contributed by atoms with Crippen LogP contribution in [0.5, 0.6) is 0 Å². The summed E-state index contributed by atoms with van der Waals surface area (Å²) in [4.78, 5) is 14.3. The molecule has 0 aliphatic carbocycles. The number of likely N-dealkylation sites (tertiary alicyclic amines) is 1. The zero-order chi connectivity index (χ0) is 16.1. The number of allylic oxidation sites excluding steroid dienone is 2. The van der Waals surface area contributed by atoms with Gasteiger partial charge in [0.15, 0.2) is 0 Å². The summed E-state index contributed by atoms with van der Waals surface area (Å²) >= 11 is 0. The Kier molecular flexibility index (Phi) is 3.62. The molecule has 22 heavy (non-hydrogen) atoms. The van der Waals surface area contributed by atoms with E-state index in [4.69, 9.17) is 10.00 Å². The van der Waals surface area contributed by atoms with E-state index in [-0.39, 0.29) is 10.8 Å². The molecule has 6 nitrogen and oxygen atoms in total. The van der Waals surface area contributed by atoms with Crippen molar-refractivity contribution in [3.63, 3.8) is 0 Å². The molecular weight excluding hydrogens is 304 g/mol. The van der Waals surface area contributed by atoms with Gasteiger partial charge in [-0.25, -0.2) is 4.21 Å². The summed E-state index contributed by atoms with van der Waals surface area (Å²) in [7, 11) is -1.68. The van der Waals surface area contributed by atoms with Crippen molar-refractivity contribution in [1.29, 1.82) is 5.26 Å². The maximum atomic E-state index is 12.5. The third kappa shape index (κ3) is 2.18. The van der Waals surface area contributed by atoms with Crippen molar-refractivity contribution in [2.45, 2.75) is 50.9 Å². The van der Waals surface area contributed by atoms with Gasteiger partial charge in [-0.1, -0.05) is 0 Å². The molecule has 0 aromatic heterocycles. The molecule has 1 unspecified atom stereocenters. The van der Waals surface area contributed by atoms with Crippen LogP contribution in [0.25, 0.3) is 0 Å². The molecule has 7 heteroatoms. The van der Waals surface area contributed by atoms with Gasteiger partial charge in [-0.05, 0) is 26.7 Å². The zero-order valence-electron chi connectivity index (χ0n) is 12.5. The molecule has 3 aliphatic heterocycles. The van der Waals surface area contributed by atoms with E-state index in [1.54, 1.807) is 18.7 Å². The van der Waals surface area contributed by atoms with Gasteiger partial charge in [-0.3, -0.25) is 4.79 Å². The number of carbonyl (C=O) groups is 1. The number of nitrogens with zero attached hydrogens (tertiary/aromatic N) is 2. The van der Waals surface area contributed by atoms with E-state index in [0.29, 0.717) is 23.6 Å². The Morgan fingerprint density at radius 2 is 2.23 bits per heavy atom. The fourth-order valence-corrected chi connectivity index (χ4v) is 4.46. The van der Waals surface area contributed by atoms with Gasteiger partial charge in [0.05, 0.1) is 21.7 Å². The lowest BCUT2D eigenvalue weighted by atomic mass is 9.89. The first-order valence-electron chi connectivity index (χ1n) is 7.31. The first-order valence-corrected chi connectivity index (χ1v) is 8.46. The fraction of sp³-hybridized carbons (Fsp3) is 0.600. The lowest BCUT2D eigenvalue weighted by Gasteiger charge is -2.46. The number of aliphatic hydroxyl groups excluding tert-OH is 1. The molecule has 3 rings (SSSR count). The van der Waals surface area contributed by atoms with Crippen molar-refractivity contribution in [3.05, 3.63) is 21.6 Å². The zero-order valence-corrected chi connectivity index (χ0v) is 13.4. The van der Waals surface area contributed by atoms with E-state index in [9.17, 15) is 14.1 Å². The Balaban J connectivity index is 2.07. The summed E-state index contributed by atoms with van der Waals surface area (Å²) in [5.74, 6) is 0.302. The van der Waals surface area contributed by atoms with Crippen LogP contribution >= 0.6 is 0 Å². The first-order chi connectivity index (χ1) is 10.4. The van der Waals surface area contributed by atoms with E-state index in [1.807, 2.05) is 6.07 Å². The van der Waals surface area contributed by atoms with Gasteiger partial charge in [0.1, 0.15) is 28.4 Å². The molecule has 1 saturated heterocycles. The number of rotatable bonds is 1. The van der Waals surface area contributed by atoms with Crippen LogP contribution in [0.1, 0.15) is 33.1 Å². The Labute approximate surface area is 131 Å². The van der Waals surface area contributed by atoms with E-state index in [0.717, 1.165) is 12.8 Å². The Bertz CT molecular complexity index is 659. The van der Waals surface area contributed by atoms with Gasteiger partial charge >= 0.3 is 0 Å². The molecule has 3 heterocycles. The highest BCUT2D eigenvalue weighted by atomic mass is 32.2. The minimum Gasteiger partial charge on any atom is -0.484 e. The van der Waals surface area contributed by atoms with E-state index in [1.165, 1.54) is 6.08 Å². The first kappa shape index (κ1) is 15.3. The van der Waals surface area contributed by atoms with Crippen molar-refractivity contribution in [1.82, 2.24) is 4.90 Å². The standard InChI is InChI=1S/C15H18N2O4S/c1-15(2)14(19)12(17-6-4-3-5-11(17)18)13-10(21-15)7-9(8-16)22(13)20/h7,12,14,19H,3-6H2,1-2H3/t12-,14+,22?/m1/s1. The number of aliphatic hydroxyl groups is 1. The molecule has 1 amide bonds. The van der Waals surface area contributed by atoms with Gasteiger partial charge in [-0.2, -0.15) is 5.26 Å². The van der Waals surface area contributed by atoms with Gasteiger partial charge in [-0.15, -0.1) is 0 Å². The van der Waals surface area contributed by atoms with Gasteiger partial charge in [0, 0.05) is 19.0 Å². The second-order valence-corrected chi connectivity index (χ2v) is 7.67. The minimum absolute atomic E-state index is 0.0535. The maximum Gasteiger partial charge on any atom is 0.223 e. The Morgan fingerprint density at radius 1 is 1.50 bits per heavy atom. The highest BCUT2D eigenvalue weighted by Gasteiger charge is 2.51. The molecule has 3 atom stereocenters. The van der Waals surface area contributed by atoms with Crippen LogP contribution in [-0.4, -0.2) is 44.4 Å². The van der Waals surface area contributed by atoms with Crippen molar-refractivity contribution >= 4 is 16.7 Å². The normalized spacial score (nSPS) is 33.9. The van der Waals surface area contributed by atoms with Gasteiger partial charge in [0.25, 0.3) is 0 Å². The van der Waals surface area contributed by atoms with Crippen molar-refractivity contribution in [2.75, 3.05) is 6.54 Å².